The van der Waals surface area contributed by atoms with E-state index in [4.69, 9.17) is 4.74 Å². The van der Waals surface area contributed by atoms with Crippen molar-refractivity contribution in [3.63, 3.8) is 0 Å². The Balaban J connectivity index is 0.00000220. The van der Waals surface area contributed by atoms with Crippen LogP contribution in [-0.4, -0.2) is 43.1 Å². The Morgan fingerprint density at radius 3 is 2.50 bits per heavy atom. The van der Waals surface area contributed by atoms with Crippen molar-refractivity contribution >= 4 is 18.4 Å². The summed E-state index contributed by atoms with van der Waals surface area (Å²) in [5.74, 6) is -0.116. The van der Waals surface area contributed by atoms with E-state index in [1.807, 2.05) is 51.4 Å². The van der Waals surface area contributed by atoms with Crippen molar-refractivity contribution in [2.24, 2.45) is 0 Å². The lowest BCUT2D eigenvalue weighted by Crippen LogP contribution is -2.54. The second-order valence-electron chi connectivity index (χ2n) is 5.43. The van der Waals surface area contributed by atoms with Crippen molar-refractivity contribution in [1.82, 2.24) is 4.90 Å². The Hall–Kier alpha value is -1.36. The van der Waals surface area contributed by atoms with Crippen LogP contribution in [0, 0.1) is 0 Å². The average molecular weight is 328 g/mol. The molecule has 0 unspecified atom stereocenters. The molecule has 0 aromatic heterocycles. The van der Waals surface area contributed by atoms with Gasteiger partial charge in [0.1, 0.15) is 5.41 Å². The number of carbonyl (C=O) groups excluding carboxylic acids is 1. The molecule has 1 aromatic carbocycles. The molecule has 0 bridgehead atoms. The van der Waals surface area contributed by atoms with E-state index in [-0.39, 0.29) is 29.9 Å². The predicted molar refractivity (Wildman–Crippen MR) is 91.5 cm³/mol. The molecule has 0 fully saturated rings. The van der Waals surface area contributed by atoms with Gasteiger partial charge in [-0.05, 0) is 39.4 Å². The van der Waals surface area contributed by atoms with Crippen molar-refractivity contribution in [3.8, 4) is 0 Å². The lowest BCUT2D eigenvalue weighted by Gasteiger charge is -2.42. The molecule has 0 aliphatic heterocycles. The number of allylic oxidation sites excluding steroid dienone is 1. The number of hydrogen-bond donors (Lipinski definition) is 0. The molecule has 0 saturated heterocycles. The van der Waals surface area contributed by atoms with E-state index in [2.05, 4.69) is 17.1 Å². The van der Waals surface area contributed by atoms with Gasteiger partial charge in [0.25, 0.3) is 0 Å². The van der Waals surface area contributed by atoms with Gasteiger partial charge in [0, 0.05) is 6.04 Å². The van der Waals surface area contributed by atoms with Crippen LogP contribution >= 0.6 is 12.4 Å². The summed E-state index contributed by atoms with van der Waals surface area (Å²) < 4.78 is 5.42. The molecule has 1 aromatic rings. The number of benzene rings is 1. The lowest BCUT2D eigenvalue weighted by molar-refractivity contribution is -0.152. The Bertz CT molecular complexity index is 490. The van der Waals surface area contributed by atoms with Gasteiger partial charge in [-0.2, -0.15) is 0 Å². The highest BCUT2D eigenvalue weighted by molar-refractivity contribution is 5.85. The summed E-state index contributed by atoms with van der Waals surface area (Å²) in [5, 5.41) is 0. The maximum atomic E-state index is 12.8. The van der Waals surface area contributed by atoms with Gasteiger partial charge in [-0.1, -0.05) is 42.5 Å². The molecule has 0 heterocycles. The van der Waals surface area contributed by atoms with E-state index in [1.54, 1.807) is 0 Å². The van der Waals surface area contributed by atoms with Crippen LogP contribution in [0.15, 0.2) is 42.5 Å². The van der Waals surface area contributed by atoms with Gasteiger partial charge >= 0.3 is 5.97 Å². The van der Waals surface area contributed by atoms with Gasteiger partial charge in [0.05, 0.1) is 6.61 Å². The summed E-state index contributed by atoms with van der Waals surface area (Å²) in [5.41, 5.74) is 0.441. The minimum atomic E-state index is -0.602. The SMILES string of the molecule is CCOC(=O)[C@]1(c2ccccc2)CCC=C[C@H]1N(C)C.Cl.O. The maximum Gasteiger partial charge on any atom is 0.318 e. The fourth-order valence-corrected chi connectivity index (χ4v) is 3.11. The molecule has 2 atom stereocenters. The van der Waals surface area contributed by atoms with Crippen molar-refractivity contribution < 1.29 is 15.0 Å². The maximum absolute atomic E-state index is 12.8. The summed E-state index contributed by atoms with van der Waals surface area (Å²) in [6, 6.07) is 10.0. The van der Waals surface area contributed by atoms with Crippen LogP contribution in [0.2, 0.25) is 0 Å². The molecule has 2 rings (SSSR count). The first-order chi connectivity index (χ1) is 9.63. The van der Waals surface area contributed by atoms with Gasteiger partial charge < -0.3 is 15.1 Å². The van der Waals surface area contributed by atoms with Crippen LogP contribution in [-0.2, 0) is 14.9 Å². The Kier molecular flexibility index (Phi) is 8.38. The van der Waals surface area contributed by atoms with E-state index < -0.39 is 5.41 Å². The fraction of sp³-hybridized carbons (Fsp3) is 0.471. The molecule has 0 radical (unpaired) electrons. The van der Waals surface area contributed by atoms with E-state index in [0.717, 1.165) is 18.4 Å². The third-order valence-corrected chi connectivity index (χ3v) is 4.01. The second kappa shape index (κ2) is 8.93. The number of ether oxygens (including phenoxy) is 1. The first-order valence-corrected chi connectivity index (χ1v) is 7.18. The molecule has 4 nitrogen and oxygen atoms in total. The molecular formula is C17H26ClNO3. The summed E-state index contributed by atoms with van der Waals surface area (Å²) in [7, 11) is 4.02. The molecule has 22 heavy (non-hydrogen) atoms. The minimum Gasteiger partial charge on any atom is -0.465 e. The normalized spacial score (nSPS) is 23.4. The molecule has 124 valence electrons. The standard InChI is InChI=1S/C17H23NO2.ClH.H2O/c1-4-20-16(19)17(14-10-6-5-7-11-14)13-9-8-12-15(17)18(2)3;;/h5-8,10-12,15H,4,9,13H2,1-3H3;1H;1H2/t15-,17+;;/m1../s1. The highest BCUT2D eigenvalue weighted by Crippen LogP contribution is 2.40. The summed E-state index contributed by atoms with van der Waals surface area (Å²) in [6.07, 6.45) is 5.98. The zero-order valence-electron chi connectivity index (χ0n) is 13.4. The van der Waals surface area contributed by atoms with Gasteiger partial charge in [0.15, 0.2) is 0 Å². The topological polar surface area (TPSA) is 61.0 Å². The summed E-state index contributed by atoms with van der Waals surface area (Å²) in [4.78, 5) is 14.8. The lowest BCUT2D eigenvalue weighted by atomic mass is 9.68. The third-order valence-electron chi connectivity index (χ3n) is 4.01. The highest BCUT2D eigenvalue weighted by Gasteiger charge is 2.49. The Labute approximate surface area is 138 Å². The Morgan fingerprint density at radius 1 is 1.32 bits per heavy atom. The molecule has 2 N–H and O–H groups in total. The fourth-order valence-electron chi connectivity index (χ4n) is 3.11. The predicted octanol–water partition coefficient (Wildman–Crippen LogP) is 2.36. The summed E-state index contributed by atoms with van der Waals surface area (Å²) in [6.45, 7) is 2.28. The number of likely N-dealkylation sites (N-methyl/N-ethyl adjacent to an activating group) is 1. The first-order valence-electron chi connectivity index (χ1n) is 7.18. The van der Waals surface area contributed by atoms with Crippen LogP contribution in [0.3, 0.4) is 0 Å². The molecular weight excluding hydrogens is 302 g/mol. The number of hydrogen-bond acceptors (Lipinski definition) is 3. The number of carbonyl (C=O) groups is 1. The summed E-state index contributed by atoms with van der Waals surface area (Å²) >= 11 is 0. The molecule has 0 saturated carbocycles. The van der Waals surface area contributed by atoms with Crippen LogP contribution in [0.4, 0.5) is 0 Å². The Morgan fingerprint density at radius 2 is 1.95 bits per heavy atom. The number of halogens is 1. The monoisotopic (exact) mass is 327 g/mol. The zero-order valence-corrected chi connectivity index (χ0v) is 14.2. The van der Waals surface area contributed by atoms with Crippen LogP contribution < -0.4 is 0 Å². The second-order valence-corrected chi connectivity index (χ2v) is 5.43. The van der Waals surface area contributed by atoms with E-state index >= 15 is 0 Å². The van der Waals surface area contributed by atoms with Gasteiger partial charge in [-0.25, -0.2) is 0 Å². The van der Waals surface area contributed by atoms with Gasteiger partial charge in [0.2, 0.25) is 0 Å². The first kappa shape index (κ1) is 20.6. The smallest absolute Gasteiger partial charge is 0.318 e. The van der Waals surface area contributed by atoms with Crippen molar-refractivity contribution in [3.05, 3.63) is 48.0 Å². The van der Waals surface area contributed by atoms with Crippen LogP contribution in [0.25, 0.3) is 0 Å². The van der Waals surface area contributed by atoms with Gasteiger partial charge in [-0.3, -0.25) is 4.79 Å². The number of nitrogens with zero attached hydrogens (tertiary/aromatic N) is 1. The van der Waals surface area contributed by atoms with Crippen molar-refractivity contribution in [2.45, 2.75) is 31.2 Å². The zero-order chi connectivity index (χ0) is 14.6. The van der Waals surface area contributed by atoms with E-state index in [9.17, 15) is 4.79 Å². The van der Waals surface area contributed by atoms with E-state index in [1.165, 1.54) is 0 Å². The van der Waals surface area contributed by atoms with E-state index in [0.29, 0.717) is 6.61 Å². The number of rotatable bonds is 4. The average Bonchev–Trinajstić information content (AvgIpc) is 2.48. The minimum absolute atomic E-state index is 0. The van der Waals surface area contributed by atoms with Crippen molar-refractivity contribution in [2.75, 3.05) is 20.7 Å². The quantitative estimate of drug-likeness (QED) is 0.630. The molecule has 1 aliphatic carbocycles. The van der Waals surface area contributed by atoms with Crippen molar-refractivity contribution in [1.29, 1.82) is 0 Å². The van der Waals surface area contributed by atoms with Crippen LogP contribution in [0.5, 0.6) is 0 Å². The molecule has 5 heteroatoms. The molecule has 1 aliphatic rings. The molecule has 0 amide bonds. The van der Waals surface area contributed by atoms with Gasteiger partial charge in [-0.15, -0.1) is 12.4 Å². The third kappa shape index (κ3) is 3.69. The number of esters is 1. The largest absolute Gasteiger partial charge is 0.465 e. The highest BCUT2D eigenvalue weighted by atomic mass is 35.5. The molecule has 0 spiro atoms. The van der Waals surface area contributed by atoms with Crippen LogP contribution in [0.1, 0.15) is 25.3 Å².